The molecule has 0 radical (unpaired) electrons. The molecular weight excluding hydrogens is 254 g/mol. The highest BCUT2D eigenvalue weighted by molar-refractivity contribution is 7.99. The van der Waals surface area contributed by atoms with Crippen LogP contribution in [-0.2, 0) is 10.6 Å². The van der Waals surface area contributed by atoms with Crippen LogP contribution < -0.4 is 0 Å². The molecule has 94 valence electrons. The van der Waals surface area contributed by atoms with Crippen molar-refractivity contribution in [1.82, 2.24) is 4.90 Å². The predicted octanol–water partition coefficient (Wildman–Crippen LogP) is 2.85. The first kappa shape index (κ1) is 13.2. The minimum absolute atomic E-state index is 0.353. The van der Waals surface area contributed by atoms with Crippen molar-refractivity contribution < 1.29 is 4.74 Å². The molecule has 1 atom stereocenters. The van der Waals surface area contributed by atoms with E-state index in [4.69, 9.17) is 16.3 Å². The number of hydrogen-bond donors (Lipinski definition) is 0. The molecule has 4 heteroatoms. The lowest BCUT2D eigenvalue weighted by atomic mass is 10.2. The molecular formula is C13H18ClNOS. The first-order valence-electron chi connectivity index (χ1n) is 5.86. The van der Waals surface area contributed by atoms with Crippen LogP contribution in [0.15, 0.2) is 29.2 Å². The first-order valence-corrected chi connectivity index (χ1v) is 7.38. The molecule has 1 aliphatic heterocycles. The van der Waals surface area contributed by atoms with Crippen molar-refractivity contribution in [1.29, 1.82) is 0 Å². The summed E-state index contributed by atoms with van der Waals surface area (Å²) >= 11 is 7.62. The van der Waals surface area contributed by atoms with Gasteiger partial charge in [0.1, 0.15) is 0 Å². The molecule has 0 spiro atoms. The maximum Gasteiger partial charge on any atom is 0.0796 e. The van der Waals surface area contributed by atoms with Crippen LogP contribution in [0.3, 0.4) is 0 Å². The average molecular weight is 272 g/mol. The minimum Gasteiger partial charge on any atom is -0.375 e. The molecule has 2 nitrogen and oxygen atoms in total. The first-order chi connectivity index (χ1) is 8.28. The van der Waals surface area contributed by atoms with Gasteiger partial charge in [-0.2, -0.15) is 0 Å². The van der Waals surface area contributed by atoms with E-state index in [2.05, 4.69) is 36.2 Å². The summed E-state index contributed by atoms with van der Waals surface area (Å²) in [6.45, 7) is 2.94. The molecule has 0 aliphatic carbocycles. The fourth-order valence-corrected chi connectivity index (χ4v) is 2.92. The quantitative estimate of drug-likeness (QED) is 0.617. The number of rotatable bonds is 4. The van der Waals surface area contributed by atoms with Crippen LogP contribution in [0.1, 0.15) is 5.56 Å². The van der Waals surface area contributed by atoms with Gasteiger partial charge >= 0.3 is 0 Å². The fraction of sp³-hybridized carbons (Fsp3) is 0.538. The van der Waals surface area contributed by atoms with Crippen molar-refractivity contribution in [3.63, 3.8) is 0 Å². The number of halogens is 1. The third-order valence-corrected chi connectivity index (χ3v) is 4.31. The van der Waals surface area contributed by atoms with E-state index in [9.17, 15) is 0 Å². The third kappa shape index (κ3) is 4.18. The van der Waals surface area contributed by atoms with Crippen molar-refractivity contribution in [3.8, 4) is 0 Å². The van der Waals surface area contributed by atoms with Crippen molar-refractivity contribution in [2.45, 2.75) is 16.9 Å². The highest BCUT2D eigenvalue weighted by Gasteiger charge is 2.17. The SMILES string of the molecule is CN1CCOC(CSc2ccc(CCl)cc2)C1. The second-order valence-corrected chi connectivity index (χ2v) is 5.70. The smallest absolute Gasteiger partial charge is 0.0796 e. The molecule has 0 bridgehead atoms. The predicted molar refractivity (Wildman–Crippen MR) is 74.0 cm³/mol. The van der Waals surface area contributed by atoms with Crippen molar-refractivity contribution >= 4 is 23.4 Å². The number of morpholine rings is 1. The van der Waals surface area contributed by atoms with E-state index in [1.165, 1.54) is 10.5 Å². The Hall–Kier alpha value is -0.220. The Labute approximate surface area is 112 Å². The Balaban J connectivity index is 1.80. The van der Waals surface area contributed by atoms with Gasteiger partial charge in [-0.15, -0.1) is 23.4 Å². The molecule has 1 aliphatic rings. The molecule has 1 fully saturated rings. The second-order valence-electron chi connectivity index (χ2n) is 4.34. The zero-order valence-electron chi connectivity index (χ0n) is 10.1. The summed E-state index contributed by atoms with van der Waals surface area (Å²) in [6.07, 6.45) is 0.353. The lowest BCUT2D eigenvalue weighted by Crippen LogP contribution is -2.41. The van der Waals surface area contributed by atoms with Gasteiger partial charge in [0, 0.05) is 29.6 Å². The van der Waals surface area contributed by atoms with Crippen LogP contribution in [0.4, 0.5) is 0 Å². The van der Waals surface area contributed by atoms with Crippen molar-refractivity contribution in [3.05, 3.63) is 29.8 Å². The topological polar surface area (TPSA) is 12.5 Å². The van der Waals surface area contributed by atoms with E-state index in [-0.39, 0.29) is 0 Å². The van der Waals surface area contributed by atoms with Gasteiger partial charge in [0.15, 0.2) is 0 Å². The van der Waals surface area contributed by atoms with E-state index in [1.807, 2.05) is 11.8 Å². The van der Waals surface area contributed by atoms with Crippen LogP contribution in [0.5, 0.6) is 0 Å². The summed E-state index contributed by atoms with van der Waals surface area (Å²) in [5.41, 5.74) is 1.17. The molecule has 2 rings (SSSR count). The van der Waals surface area contributed by atoms with Gasteiger partial charge in [0.25, 0.3) is 0 Å². The molecule has 17 heavy (non-hydrogen) atoms. The fourth-order valence-electron chi connectivity index (χ4n) is 1.83. The third-order valence-electron chi connectivity index (χ3n) is 2.86. The standard InChI is InChI=1S/C13H18ClNOS/c1-15-6-7-16-12(9-15)10-17-13-4-2-11(8-14)3-5-13/h2-5,12H,6-10H2,1H3. The van der Waals surface area contributed by atoms with Gasteiger partial charge in [0.2, 0.25) is 0 Å². The molecule has 1 heterocycles. The Morgan fingerprint density at radius 2 is 2.18 bits per heavy atom. The largest absolute Gasteiger partial charge is 0.375 e. The van der Waals surface area contributed by atoms with E-state index in [0.717, 1.165) is 25.4 Å². The highest BCUT2D eigenvalue weighted by Crippen LogP contribution is 2.21. The number of ether oxygens (including phenoxy) is 1. The van der Waals surface area contributed by atoms with Gasteiger partial charge in [-0.3, -0.25) is 0 Å². The number of benzene rings is 1. The van der Waals surface area contributed by atoms with Crippen LogP contribution in [0.2, 0.25) is 0 Å². The molecule has 1 aromatic carbocycles. The van der Waals surface area contributed by atoms with Crippen LogP contribution >= 0.6 is 23.4 Å². The number of hydrogen-bond acceptors (Lipinski definition) is 3. The zero-order chi connectivity index (χ0) is 12.1. The minimum atomic E-state index is 0.353. The molecule has 0 N–H and O–H groups in total. The summed E-state index contributed by atoms with van der Waals surface area (Å²) in [5.74, 6) is 1.60. The summed E-state index contributed by atoms with van der Waals surface area (Å²) in [7, 11) is 2.15. The molecule has 1 aromatic rings. The number of thioether (sulfide) groups is 1. The summed E-state index contributed by atoms with van der Waals surface area (Å²) in [5, 5.41) is 0. The van der Waals surface area contributed by atoms with E-state index < -0.39 is 0 Å². The summed E-state index contributed by atoms with van der Waals surface area (Å²) in [4.78, 5) is 3.61. The zero-order valence-corrected chi connectivity index (χ0v) is 11.6. The number of nitrogens with zero attached hydrogens (tertiary/aromatic N) is 1. The average Bonchev–Trinajstić information content (AvgIpc) is 2.37. The van der Waals surface area contributed by atoms with Gasteiger partial charge in [0.05, 0.1) is 12.7 Å². The molecule has 0 amide bonds. The second kappa shape index (κ2) is 6.64. The Bertz CT molecular complexity index is 344. The van der Waals surface area contributed by atoms with Gasteiger partial charge < -0.3 is 9.64 Å². The van der Waals surface area contributed by atoms with Gasteiger partial charge in [-0.05, 0) is 24.7 Å². The molecule has 0 aromatic heterocycles. The Morgan fingerprint density at radius 1 is 1.41 bits per heavy atom. The number of alkyl halides is 1. The molecule has 0 saturated carbocycles. The monoisotopic (exact) mass is 271 g/mol. The summed E-state index contributed by atoms with van der Waals surface area (Å²) < 4.78 is 5.73. The Morgan fingerprint density at radius 3 is 2.82 bits per heavy atom. The lowest BCUT2D eigenvalue weighted by Gasteiger charge is -2.29. The van der Waals surface area contributed by atoms with Crippen LogP contribution in [0.25, 0.3) is 0 Å². The molecule has 1 unspecified atom stereocenters. The van der Waals surface area contributed by atoms with Crippen molar-refractivity contribution in [2.24, 2.45) is 0 Å². The lowest BCUT2D eigenvalue weighted by molar-refractivity contribution is -0.00598. The van der Waals surface area contributed by atoms with Gasteiger partial charge in [-0.1, -0.05) is 12.1 Å². The van der Waals surface area contributed by atoms with E-state index in [1.54, 1.807) is 0 Å². The molecule has 1 saturated heterocycles. The maximum atomic E-state index is 5.76. The van der Waals surface area contributed by atoms with Crippen LogP contribution in [0, 0.1) is 0 Å². The van der Waals surface area contributed by atoms with Crippen molar-refractivity contribution in [2.75, 3.05) is 32.5 Å². The van der Waals surface area contributed by atoms with Gasteiger partial charge in [-0.25, -0.2) is 0 Å². The highest BCUT2D eigenvalue weighted by atomic mass is 35.5. The number of likely N-dealkylation sites (N-methyl/N-ethyl adjacent to an activating group) is 1. The maximum absolute atomic E-state index is 5.76. The van der Waals surface area contributed by atoms with E-state index in [0.29, 0.717) is 12.0 Å². The van der Waals surface area contributed by atoms with E-state index >= 15 is 0 Å². The normalized spacial score (nSPS) is 21.6. The van der Waals surface area contributed by atoms with Crippen LogP contribution in [-0.4, -0.2) is 43.5 Å². The summed E-state index contributed by atoms with van der Waals surface area (Å²) in [6, 6.07) is 8.44. The Kier molecular flexibility index (Phi) is 5.16.